The van der Waals surface area contributed by atoms with Gasteiger partial charge in [0.05, 0.1) is 23.7 Å². The zero-order valence-electron chi connectivity index (χ0n) is 19.9. The summed E-state index contributed by atoms with van der Waals surface area (Å²) in [4.78, 5) is 32.9. The largest absolute Gasteiger partial charge is 0.353 e. The molecule has 8 nitrogen and oxygen atoms in total. The first-order valence-corrected chi connectivity index (χ1v) is 11.6. The maximum Gasteiger partial charge on any atom is 0.272 e. The predicted molar refractivity (Wildman–Crippen MR) is 128 cm³/mol. The number of nitriles is 1. The molecule has 1 aromatic carbocycles. The molecule has 3 rings (SSSR count). The maximum absolute atomic E-state index is 14.7. The summed E-state index contributed by atoms with van der Waals surface area (Å²) < 4.78 is 16.6. The highest BCUT2D eigenvalue weighted by molar-refractivity contribution is 6.30. The topological polar surface area (TPSA) is 103 Å². The van der Waals surface area contributed by atoms with E-state index in [1.165, 1.54) is 18.2 Å². The summed E-state index contributed by atoms with van der Waals surface area (Å²) in [6.45, 7) is 7.56. The molecule has 1 atom stereocenters. The number of rotatable bonds is 6. The van der Waals surface area contributed by atoms with E-state index in [1.807, 2.05) is 38.5 Å². The summed E-state index contributed by atoms with van der Waals surface area (Å²) in [6.07, 6.45) is 0.980. The molecular weight excluding hydrogens is 459 g/mol. The van der Waals surface area contributed by atoms with E-state index in [-0.39, 0.29) is 30.1 Å². The van der Waals surface area contributed by atoms with E-state index in [1.54, 1.807) is 0 Å². The van der Waals surface area contributed by atoms with Gasteiger partial charge >= 0.3 is 0 Å². The Hall–Kier alpha value is -2.96. The molecule has 2 N–H and O–H groups in total. The van der Waals surface area contributed by atoms with Crippen molar-refractivity contribution in [3.05, 3.63) is 40.4 Å². The van der Waals surface area contributed by atoms with E-state index in [0.717, 1.165) is 13.0 Å². The fraction of sp³-hybridized carbons (Fsp3) is 0.500. The zero-order valence-corrected chi connectivity index (χ0v) is 20.7. The number of hydrogen-bond donors (Lipinski definition) is 2. The number of benzene rings is 1. The Balaban J connectivity index is 2.02. The second-order valence-corrected chi connectivity index (χ2v) is 10.0. The number of carbonyl (C=O) groups is 2. The van der Waals surface area contributed by atoms with Crippen LogP contribution in [-0.2, 0) is 17.9 Å². The summed E-state index contributed by atoms with van der Waals surface area (Å²) in [5.74, 6) is -1.03. The molecule has 2 aromatic rings. The first-order chi connectivity index (χ1) is 16.0. The van der Waals surface area contributed by atoms with Crippen LogP contribution in [0.15, 0.2) is 18.2 Å². The van der Waals surface area contributed by atoms with Crippen LogP contribution < -0.4 is 10.6 Å². The van der Waals surface area contributed by atoms with Crippen molar-refractivity contribution in [3.8, 4) is 17.5 Å². The second kappa shape index (κ2) is 10.5. The van der Waals surface area contributed by atoms with Crippen molar-refractivity contribution in [2.45, 2.75) is 52.7 Å². The Kier molecular flexibility index (Phi) is 7.95. The van der Waals surface area contributed by atoms with Crippen molar-refractivity contribution < 1.29 is 14.0 Å². The van der Waals surface area contributed by atoms with E-state index >= 15 is 0 Å². The average molecular weight is 489 g/mol. The number of amides is 2. The Morgan fingerprint density at radius 3 is 2.74 bits per heavy atom. The fourth-order valence-corrected chi connectivity index (χ4v) is 4.17. The zero-order chi connectivity index (χ0) is 25.0. The monoisotopic (exact) mass is 488 g/mol. The van der Waals surface area contributed by atoms with Gasteiger partial charge in [0.2, 0.25) is 5.91 Å². The molecule has 0 spiro atoms. The van der Waals surface area contributed by atoms with Gasteiger partial charge in [-0.05, 0) is 43.6 Å². The van der Waals surface area contributed by atoms with Gasteiger partial charge in [-0.2, -0.15) is 5.26 Å². The molecule has 0 saturated carbocycles. The van der Waals surface area contributed by atoms with Crippen LogP contribution in [0.3, 0.4) is 0 Å². The molecule has 0 fully saturated rings. The van der Waals surface area contributed by atoms with Gasteiger partial charge in [-0.15, -0.1) is 0 Å². The third kappa shape index (κ3) is 5.75. The second-order valence-electron chi connectivity index (χ2n) is 9.57. The number of hydrogen-bond acceptors (Lipinski definition) is 5. The van der Waals surface area contributed by atoms with Crippen molar-refractivity contribution in [2.75, 3.05) is 20.1 Å². The van der Waals surface area contributed by atoms with Gasteiger partial charge in [0, 0.05) is 24.7 Å². The summed E-state index contributed by atoms with van der Waals surface area (Å²) in [5, 5.41) is 14.6. The Morgan fingerprint density at radius 2 is 2.06 bits per heavy atom. The fourth-order valence-electron chi connectivity index (χ4n) is 4.00. The standard InChI is InChI=1S/C24H30ClFN6O2/c1-24(2,3)20(23(34)28-10-5-9-27)30-22(33)19-18-14-31(4)11-6-12-32(18)21(29-19)16-13-15(25)7-8-17(16)26/h7-8,13,20H,5-6,10-12,14H2,1-4H3,(H,28,34)(H,30,33). The number of nitrogens with zero attached hydrogens (tertiary/aromatic N) is 4. The van der Waals surface area contributed by atoms with Crippen molar-refractivity contribution in [3.63, 3.8) is 0 Å². The van der Waals surface area contributed by atoms with Gasteiger partial charge in [0.1, 0.15) is 17.7 Å². The predicted octanol–water partition coefficient (Wildman–Crippen LogP) is 3.35. The molecule has 1 aliphatic heterocycles. The molecule has 1 unspecified atom stereocenters. The summed E-state index contributed by atoms with van der Waals surface area (Å²) >= 11 is 6.12. The Bertz CT molecular complexity index is 1120. The van der Waals surface area contributed by atoms with Crippen LogP contribution in [0.4, 0.5) is 4.39 Å². The third-order valence-corrected chi connectivity index (χ3v) is 5.97. The minimum Gasteiger partial charge on any atom is -0.353 e. The van der Waals surface area contributed by atoms with Gasteiger partial charge in [-0.3, -0.25) is 9.59 Å². The third-order valence-electron chi connectivity index (χ3n) is 5.74. The molecule has 0 aliphatic carbocycles. The SMILES string of the molecule is CN1CCCn2c(-c3cc(Cl)ccc3F)nc(C(=O)NC(C(=O)NCCC#N)C(C)(C)C)c2C1. The van der Waals surface area contributed by atoms with Crippen molar-refractivity contribution in [1.82, 2.24) is 25.1 Å². The normalized spacial score (nSPS) is 15.1. The lowest BCUT2D eigenvalue weighted by Crippen LogP contribution is -2.53. The van der Waals surface area contributed by atoms with Gasteiger partial charge in [-0.25, -0.2) is 9.37 Å². The number of halogens is 2. The highest BCUT2D eigenvalue weighted by Gasteiger charge is 2.35. The van der Waals surface area contributed by atoms with E-state index in [4.69, 9.17) is 16.9 Å². The summed E-state index contributed by atoms with van der Waals surface area (Å²) in [5.41, 5.74) is 0.437. The molecule has 34 heavy (non-hydrogen) atoms. The van der Waals surface area contributed by atoms with Crippen LogP contribution in [0.2, 0.25) is 5.02 Å². The van der Waals surface area contributed by atoms with Crippen LogP contribution in [-0.4, -0.2) is 52.4 Å². The van der Waals surface area contributed by atoms with Crippen LogP contribution in [0, 0.1) is 22.6 Å². The maximum atomic E-state index is 14.7. The van der Waals surface area contributed by atoms with E-state index in [9.17, 15) is 14.0 Å². The van der Waals surface area contributed by atoms with Crippen LogP contribution in [0.5, 0.6) is 0 Å². The molecule has 0 bridgehead atoms. The van der Waals surface area contributed by atoms with Crippen LogP contribution in [0.1, 0.15) is 49.8 Å². The van der Waals surface area contributed by atoms with Crippen molar-refractivity contribution in [2.24, 2.45) is 5.41 Å². The number of imidazole rings is 1. The van der Waals surface area contributed by atoms with Gasteiger partial charge < -0.3 is 20.1 Å². The smallest absolute Gasteiger partial charge is 0.272 e. The Morgan fingerprint density at radius 1 is 1.32 bits per heavy atom. The Labute approximate surface area is 204 Å². The van der Waals surface area contributed by atoms with Crippen LogP contribution in [0.25, 0.3) is 11.4 Å². The summed E-state index contributed by atoms with van der Waals surface area (Å²) in [6, 6.07) is 5.37. The number of fused-ring (bicyclic) bond motifs is 1. The first kappa shape index (κ1) is 25.7. The minimum absolute atomic E-state index is 0.155. The molecule has 0 saturated heterocycles. The molecular formula is C24H30ClFN6O2. The van der Waals surface area contributed by atoms with E-state index in [2.05, 4.69) is 20.5 Å². The lowest BCUT2D eigenvalue weighted by Gasteiger charge is -2.30. The lowest BCUT2D eigenvalue weighted by atomic mass is 9.86. The number of carbonyl (C=O) groups excluding carboxylic acids is 2. The number of nitrogens with one attached hydrogen (secondary N) is 2. The molecule has 1 aliphatic rings. The van der Waals surface area contributed by atoms with Gasteiger partial charge in [0.25, 0.3) is 5.91 Å². The minimum atomic E-state index is -0.856. The molecule has 2 heterocycles. The lowest BCUT2D eigenvalue weighted by molar-refractivity contribution is -0.125. The molecule has 0 radical (unpaired) electrons. The molecule has 2 amide bonds. The van der Waals surface area contributed by atoms with E-state index in [0.29, 0.717) is 29.6 Å². The van der Waals surface area contributed by atoms with Gasteiger partial charge in [-0.1, -0.05) is 32.4 Å². The molecule has 1 aromatic heterocycles. The molecule has 182 valence electrons. The average Bonchev–Trinajstić information content (AvgIpc) is 2.99. The highest BCUT2D eigenvalue weighted by Crippen LogP contribution is 2.30. The number of aromatic nitrogens is 2. The first-order valence-electron chi connectivity index (χ1n) is 11.2. The van der Waals surface area contributed by atoms with E-state index < -0.39 is 23.2 Å². The van der Waals surface area contributed by atoms with Crippen molar-refractivity contribution >= 4 is 23.4 Å². The van der Waals surface area contributed by atoms with Crippen LogP contribution >= 0.6 is 11.6 Å². The molecule has 10 heteroatoms. The summed E-state index contributed by atoms with van der Waals surface area (Å²) in [7, 11) is 1.95. The highest BCUT2D eigenvalue weighted by atomic mass is 35.5. The quantitative estimate of drug-likeness (QED) is 0.607. The van der Waals surface area contributed by atoms with Crippen molar-refractivity contribution in [1.29, 1.82) is 5.26 Å². The van der Waals surface area contributed by atoms with Gasteiger partial charge in [0.15, 0.2) is 5.69 Å².